The number of anilines is 1. The highest BCUT2D eigenvalue weighted by Crippen LogP contribution is 2.22. The number of nitrogens with two attached hydrogens (primary N) is 1. The summed E-state index contributed by atoms with van der Waals surface area (Å²) in [6.07, 6.45) is 1.97. The lowest BCUT2D eigenvalue weighted by atomic mass is 10.3. The quantitative estimate of drug-likeness (QED) is 0.761. The Bertz CT molecular complexity index is 557. The van der Waals surface area contributed by atoms with Gasteiger partial charge in [0.1, 0.15) is 0 Å². The van der Waals surface area contributed by atoms with Crippen LogP contribution in [0.1, 0.15) is 12.8 Å². The molecule has 0 fully saturated rings. The SMILES string of the molecule is COCCOCCCCn1c(N)nc2cc(Cl)ccc21. The fraction of sp³-hybridized carbons (Fsp3) is 0.500. The molecule has 1 aromatic heterocycles. The third kappa shape index (κ3) is 3.85. The minimum Gasteiger partial charge on any atom is -0.382 e. The lowest BCUT2D eigenvalue weighted by molar-refractivity contribution is 0.0684. The number of methoxy groups -OCH3 is 1. The number of hydrogen-bond donors (Lipinski definition) is 1. The van der Waals surface area contributed by atoms with E-state index < -0.39 is 0 Å². The maximum Gasteiger partial charge on any atom is 0.201 e. The number of imidazole rings is 1. The number of fused-ring (bicyclic) bond motifs is 1. The summed E-state index contributed by atoms with van der Waals surface area (Å²) in [5, 5.41) is 0.675. The summed E-state index contributed by atoms with van der Waals surface area (Å²) >= 11 is 5.95. The van der Waals surface area contributed by atoms with Crippen molar-refractivity contribution in [3.05, 3.63) is 23.2 Å². The van der Waals surface area contributed by atoms with Crippen LogP contribution in [-0.4, -0.2) is 36.5 Å². The molecule has 20 heavy (non-hydrogen) atoms. The second-order valence-electron chi connectivity index (χ2n) is 4.57. The lowest BCUT2D eigenvalue weighted by Gasteiger charge is -2.07. The van der Waals surface area contributed by atoms with Gasteiger partial charge in [-0.15, -0.1) is 0 Å². The van der Waals surface area contributed by atoms with Gasteiger partial charge < -0.3 is 19.8 Å². The van der Waals surface area contributed by atoms with Crippen molar-refractivity contribution in [1.29, 1.82) is 0 Å². The molecule has 0 saturated carbocycles. The molecule has 0 unspecified atom stereocenters. The van der Waals surface area contributed by atoms with E-state index in [1.165, 1.54) is 0 Å². The molecule has 0 aliphatic heterocycles. The molecule has 1 aromatic carbocycles. The summed E-state index contributed by atoms with van der Waals surface area (Å²) < 4.78 is 12.4. The van der Waals surface area contributed by atoms with Gasteiger partial charge in [-0.05, 0) is 31.0 Å². The Kier molecular flexibility index (Phi) is 5.64. The van der Waals surface area contributed by atoms with Crippen LogP contribution in [0.25, 0.3) is 11.0 Å². The Labute approximate surface area is 123 Å². The summed E-state index contributed by atoms with van der Waals surface area (Å²) in [4.78, 5) is 4.32. The minimum atomic E-state index is 0.530. The number of rotatable bonds is 8. The van der Waals surface area contributed by atoms with E-state index in [-0.39, 0.29) is 0 Å². The fourth-order valence-electron chi connectivity index (χ4n) is 2.07. The first kappa shape index (κ1) is 15.1. The molecule has 0 saturated heterocycles. The van der Waals surface area contributed by atoms with E-state index in [1.54, 1.807) is 7.11 Å². The summed E-state index contributed by atoms with van der Waals surface area (Å²) in [6.45, 7) is 2.85. The molecule has 110 valence electrons. The number of unbranched alkanes of at least 4 members (excludes halogenated alkanes) is 1. The van der Waals surface area contributed by atoms with Crippen LogP contribution in [0.2, 0.25) is 5.02 Å². The van der Waals surface area contributed by atoms with Crippen LogP contribution >= 0.6 is 11.6 Å². The molecule has 0 aliphatic rings. The van der Waals surface area contributed by atoms with Crippen molar-refractivity contribution < 1.29 is 9.47 Å². The molecular weight excluding hydrogens is 278 g/mol. The van der Waals surface area contributed by atoms with Crippen LogP contribution in [0.15, 0.2) is 18.2 Å². The highest BCUT2D eigenvalue weighted by molar-refractivity contribution is 6.31. The highest BCUT2D eigenvalue weighted by atomic mass is 35.5. The van der Waals surface area contributed by atoms with Gasteiger partial charge in [0.05, 0.1) is 24.2 Å². The molecule has 5 nitrogen and oxygen atoms in total. The van der Waals surface area contributed by atoms with E-state index in [4.69, 9.17) is 26.8 Å². The molecule has 0 bridgehead atoms. The number of benzene rings is 1. The van der Waals surface area contributed by atoms with Gasteiger partial charge in [-0.25, -0.2) is 4.98 Å². The zero-order valence-corrected chi connectivity index (χ0v) is 12.4. The standard InChI is InChI=1S/C14H20ClN3O2/c1-19-8-9-20-7-3-2-6-18-13-5-4-11(15)10-12(13)17-14(18)16/h4-5,10H,2-3,6-9H2,1H3,(H2,16,17). The van der Waals surface area contributed by atoms with Gasteiger partial charge in [0.2, 0.25) is 5.95 Å². The summed E-state index contributed by atoms with van der Waals surface area (Å²) in [5.74, 6) is 0.530. The number of halogens is 1. The molecule has 0 spiro atoms. The molecule has 0 aliphatic carbocycles. The van der Waals surface area contributed by atoms with Gasteiger partial charge in [0.25, 0.3) is 0 Å². The van der Waals surface area contributed by atoms with E-state index >= 15 is 0 Å². The summed E-state index contributed by atoms with van der Waals surface area (Å²) in [6, 6.07) is 5.64. The summed E-state index contributed by atoms with van der Waals surface area (Å²) in [7, 11) is 1.67. The van der Waals surface area contributed by atoms with E-state index in [0.29, 0.717) is 24.2 Å². The maximum atomic E-state index is 5.95. The van der Waals surface area contributed by atoms with Gasteiger partial charge in [0, 0.05) is 25.3 Å². The number of ether oxygens (including phenoxy) is 2. The topological polar surface area (TPSA) is 62.3 Å². The molecule has 0 amide bonds. The molecule has 2 rings (SSSR count). The van der Waals surface area contributed by atoms with Gasteiger partial charge in [0.15, 0.2) is 0 Å². The zero-order chi connectivity index (χ0) is 14.4. The normalized spacial score (nSPS) is 11.3. The predicted octanol–water partition coefficient (Wildman–Crippen LogP) is 2.72. The van der Waals surface area contributed by atoms with Crippen LogP contribution in [0.4, 0.5) is 5.95 Å². The molecule has 0 radical (unpaired) electrons. The Morgan fingerprint density at radius 1 is 1.25 bits per heavy atom. The van der Waals surface area contributed by atoms with Crippen LogP contribution in [0.5, 0.6) is 0 Å². The zero-order valence-electron chi connectivity index (χ0n) is 11.6. The van der Waals surface area contributed by atoms with Crippen molar-refractivity contribution in [2.75, 3.05) is 32.7 Å². The first-order valence-electron chi connectivity index (χ1n) is 6.70. The van der Waals surface area contributed by atoms with Crippen LogP contribution in [-0.2, 0) is 16.0 Å². The van der Waals surface area contributed by atoms with Crippen molar-refractivity contribution in [2.24, 2.45) is 0 Å². The van der Waals surface area contributed by atoms with Crippen LogP contribution < -0.4 is 5.73 Å². The van der Waals surface area contributed by atoms with Gasteiger partial charge in [-0.3, -0.25) is 0 Å². The first-order valence-corrected chi connectivity index (χ1v) is 7.08. The monoisotopic (exact) mass is 297 g/mol. The predicted molar refractivity (Wildman–Crippen MR) is 81.1 cm³/mol. The molecule has 2 aromatic rings. The Hall–Kier alpha value is -1.30. The summed E-state index contributed by atoms with van der Waals surface area (Å²) in [5.41, 5.74) is 7.80. The number of nitrogens with zero attached hydrogens (tertiary/aromatic N) is 2. The van der Waals surface area contributed by atoms with Crippen molar-refractivity contribution >= 4 is 28.6 Å². The molecular formula is C14H20ClN3O2. The number of aryl methyl sites for hydroxylation is 1. The van der Waals surface area contributed by atoms with Crippen LogP contribution in [0, 0.1) is 0 Å². The van der Waals surface area contributed by atoms with Crippen LogP contribution in [0.3, 0.4) is 0 Å². The van der Waals surface area contributed by atoms with E-state index in [2.05, 4.69) is 4.98 Å². The van der Waals surface area contributed by atoms with E-state index in [0.717, 1.165) is 37.0 Å². The third-order valence-corrected chi connectivity index (χ3v) is 3.33. The second-order valence-corrected chi connectivity index (χ2v) is 5.00. The largest absolute Gasteiger partial charge is 0.382 e. The number of nitrogen functional groups attached to an aromatic ring is 1. The number of aromatic nitrogens is 2. The second kappa shape index (κ2) is 7.47. The maximum absolute atomic E-state index is 5.95. The third-order valence-electron chi connectivity index (χ3n) is 3.09. The average molecular weight is 298 g/mol. The van der Waals surface area contributed by atoms with Gasteiger partial charge >= 0.3 is 0 Å². The highest BCUT2D eigenvalue weighted by Gasteiger charge is 2.07. The van der Waals surface area contributed by atoms with Crippen molar-refractivity contribution in [2.45, 2.75) is 19.4 Å². The first-order chi connectivity index (χ1) is 9.72. The van der Waals surface area contributed by atoms with Crippen molar-refractivity contribution in [3.8, 4) is 0 Å². The lowest BCUT2D eigenvalue weighted by Crippen LogP contribution is -2.06. The molecule has 6 heteroatoms. The Balaban J connectivity index is 1.85. The van der Waals surface area contributed by atoms with Gasteiger partial charge in [-0.1, -0.05) is 11.6 Å². The minimum absolute atomic E-state index is 0.530. The van der Waals surface area contributed by atoms with E-state index in [9.17, 15) is 0 Å². The van der Waals surface area contributed by atoms with Gasteiger partial charge in [-0.2, -0.15) is 0 Å². The fourth-order valence-corrected chi connectivity index (χ4v) is 2.24. The molecule has 2 N–H and O–H groups in total. The smallest absolute Gasteiger partial charge is 0.201 e. The average Bonchev–Trinajstić information content (AvgIpc) is 2.73. The van der Waals surface area contributed by atoms with E-state index in [1.807, 2.05) is 22.8 Å². The van der Waals surface area contributed by atoms with Crippen molar-refractivity contribution in [3.63, 3.8) is 0 Å². The molecule has 1 heterocycles. The number of hydrogen-bond acceptors (Lipinski definition) is 4. The Morgan fingerprint density at radius 3 is 2.90 bits per heavy atom. The molecule has 0 atom stereocenters. The Morgan fingerprint density at radius 2 is 2.10 bits per heavy atom. The van der Waals surface area contributed by atoms with Crippen molar-refractivity contribution in [1.82, 2.24) is 9.55 Å².